The van der Waals surface area contributed by atoms with Crippen molar-refractivity contribution >= 4 is 29.9 Å². The Labute approximate surface area is 164 Å². The third-order valence-electron chi connectivity index (χ3n) is 6.35. The largest absolute Gasteiger partial charge is 0.377 e. The van der Waals surface area contributed by atoms with Crippen molar-refractivity contribution in [2.45, 2.75) is 58.2 Å². The molecule has 24 heavy (non-hydrogen) atoms. The van der Waals surface area contributed by atoms with Crippen LogP contribution in [-0.4, -0.2) is 74.3 Å². The maximum atomic E-state index is 5.91. The Balaban J connectivity index is 0.00000208. The molecular weight excluding hydrogens is 415 g/mol. The predicted octanol–water partition coefficient (Wildman–Crippen LogP) is 2.41. The van der Waals surface area contributed by atoms with Gasteiger partial charge in [-0.05, 0) is 32.4 Å². The van der Waals surface area contributed by atoms with Crippen molar-refractivity contribution < 1.29 is 4.74 Å². The van der Waals surface area contributed by atoms with Crippen LogP contribution in [0, 0.1) is 11.3 Å². The molecule has 0 radical (unpaired) electrons. The summed E-state index contributed by atoms with van der Waals surface area (Å²) in [5, 5.41) is 3.75. The minimum absolute atomic E-state index is 0. The molecule has 3 fully saturated rings. The lowest BCUT2D eigenvalue weighted by Crippen LogP contribution is -2.68. The molecule has 4 atom stereocenters. The molecule has 0 aromatic carbocycles. The van der Waals surface area contributed by atoms with E-state index in [1.165, 1.54) is 25.8 Å². The number of halogens is 1. The summed E-state index contributed by atoms with van der Waals surface area (Å²) < 4.78 is 5.91. The van der Waals surface area contributed by atoms with Gasteiger partial charge in [-0.1, -0.05) is 20.8 Å². The van der Waals surface area contributed by atoms with E-state index in [9.17, 15) is 0 Å². The van der Waals surface area contributed by atoms with Crippen molar-refractivity contribution in [1.29, 1.82) is 0 Å². The van der Waals surface area contributed by atoms with E-state index < -0.39 is 0 Å². The van der Waals surface area contributed by atoms with Crippen molar-refractivity contribution in [3.8, 4) is 0 Å². The van der Waals surface area contributed by atoms with Crippen LogP contribution in [0.1, 0.15) is 40.0 Å². The Hall–Kier alpha value is -0.0800. The normalized spacial score (nSPS) is 35.1. The van der Waals surface area contributed by atoms with E-state index in [4.69, 9.17) is 4.74 Å². The van der Waals surface area contributed by atoms with E-state index in [1.54, 1.807) is 0 Å². The highest BCUT2D eigenvalue weighted by atomic mass is 127. The van der Waals surface area contributed by atoms with E-state index in [0.717, 1.165) is 25.7 Å². The minimum atomic E-state index is 0. The number of likely N-dealkylation sites (tertiary alicyclic amines) is 1. The highest BCUT2D eigenvalue weighted by Crippen LogP contribution is 2.52. The van der Waals surface area contributed by atoms with Crippen LogP contribution < -0.4 is 5.32 Å². The van der Waals surface area contributed by atoms with Crippen LogP contribution in [-0.2, 0) is 4.74 Å². The van der Waals surface area contributed by atoms with Gasteiger partial charge in [0.15, 0.2) is 5.96 Å². The maximum absolute atomic E-state index is 5.91. The minimum Gasteiger partial charge on any atom is -0.377 e. The number of likely N-dealkylation sites (N-methyl/N-ethyl adjacent to an activating group) is 2. The van der Waals surface area contributed by atoms with Crippen LogP contribution in [0.5, 0.6) is 0 Å². The van der Waals surface area contributed by atoms with Gasteiger partial charge in [-0.2, -0.15) is 0 Å². The number of hydrogen-bond acceptors (Lipinski definition) is 3. The van der Waals surface area contributed by atoms with E-state index in [1.807, 2.05) is 7.05 Å². The van der Waals surface area contributed by atoms with Crippen molar-refractivity contribution in [3.05, 3.63) is 0 Å². The van der Waals surface area contributed by atoms with E-state index in [-0.39, 0.29) is 29.4 Å². The van der Waals surface area contributed by atoms with Gasteiger partial charge in [-0.25, -0.2) is 0 Å². The molecule has 1 saturated carbocycles. The fraction of sp³-hybridized carbons (Fsp3) is 0.944. The lowest BCUT2D eigenvalue weighted by Gasteiger charge is -2.55. The zero-order chi connectivity index (χ0) is 16.6. The summed E-state index contributed by atoms with van der Waals surface area (Å²) in [6, 6.07) is 1.14. The number of hydrogen-bond donors (Lipinski definition) is 1. The second-order valence-electron chi connectivity index (χ2n) is 8.04. The number of rotatable bonds is 4. The summed E-state index contributed by atoms with van der Waals surface area (Å²) in [5.74, 6) is 1.69. The fourth-order valence-electron chi connectivity index (χ4n) is 5.02. The zero-order valence-corrected chi connectivity index (χ0v) is 18.2. The summed E-state index contributed by atoms with van der Waals surface area (Å²) in [5.41, 5.74) is 0.195. The van der Waals surface area contributed by atoms with Gasteiger partial charge >= 0.3 is 0 Å². The Morgan fingerprint density at radius 3 is 2.79 bits per heavy atom. The van der Waals surface area contributed by atoms with E-state index >= 15 is 0 Å². The lowest BCUT2D eigenvalue weighted by molar-refractivity contribution is -0.107. The van der Waals surface area contributed by atoms with Gasteiger partial charge < -0.3 is 15.0 Å². The Kier molecular flexibility index (Phi) is 6.81. The fourth-order valence-corrected chi connectivity index (χ4v) is 5.02. The van der Waals surface area contributed by atoms with Crippen LogP contribution >= 0.6 is 24.0 Å². The summed E-state index contributed by atoms with van der Waals surface area (Å²) >= 11 is 0. The average molecular weight is 450 g/mol. The molecule has 2 aliphatic heterocycles. The molecule has 3 rings (SSSR count). The zero-order valence-electron chi connectivity index (χ0n) is 15.9. The number of nitrogens with one attached hydrogen (secondary N) is 1. The molecule has 2 saturated heterocycles. The smallest absolute Gasteiger partial charge is 0.193 e. The highest BCUT2D eigenvalue weighted by molar-refractivity contribution is 14.0. The van der Waals surface area contributed by atoms with Crippen molar-refractivity contribution in [2.24, 2.45) is 16.3 Å². The summed E-state index contributed by atoms with van der Waals surface area (Å²) in [7, 11) is 4.08. The monoisotopic (exact) mass is 450 g/mol. The summed E-state index contributed by atoms with van der Waals surface area (Å²) in [4.78, 5) is 9.47. The average Bonchev–Trinajstić information content (AvgIpc) is 3.15. The number of guanidine groups is 1. The van der Waals surface area contributed by atoms with Gasteiger partial charge in [0.2, 0.25) is 0 Å². The van der Waals surface area contributed by atoms with Crippen LogP contribution in [0.2, 0.25) is 0 Å². The number of aliphatic imine (C=N–C) groups is 1. The van der Waals surface area contributed by atoms with Crippen molar-refractivity contribution in [1.82, 2.24) is 15.1 Å². The van der Waals surface area contributed by atoms with Crippen LogP contribution in [0.15, 0.2) is 4.99 Å². The van der Waals surface area contributed by atoms with Crippen LogP contribution in [0.25, 0.3) is 0 Å². The molecule has 2 heterocycles. The molecule has 0 aromatic rings. The molecule has 1 aliphatic carbocycles. The standard InChI is InChI=1S/C18H34N4O.HI/c1-6-22-10-7-8-13(22)12-21(5)17(19-4)20-15-14-9-11-23-16(14)18(15,2)3;/h13-16H,6-12H2,1-5H3,(H,19,20);1H. The highest BCUT2D eigenvalue weighted by Gasteiger charge is 2.59. The molecule has 0 bridgehead atoms. The summed E-state index contributed by atoms with van der Waals surface area (Å²) in [6.45, 7) is 11.3. The Morgan fingerprint density at radius 1 is 1.38 bits per heavy atom. The Bertz CT molecular complexity index is 456. The van der Waals surface area contributed by atoms with Gasteiger partial charge in [-0.15, -0.1) is 24.0 Å². The molecule has 6 heteroatoms. The maximum Gasteiger partial charge on any atom is 0.193 e. The first-order valence-electron chi connectivity index (χ1n) is 9.29. The third kappa shape index (κ3) is 3.56. The SMILES string of the molecule is CCN1CCCC1CN(C)C(=NC)NC1C2CCOC2C1(C)C.I. The van der Waals surface area contributed by atoms with E-state index in [2.05, 4.69) is 47.9 Å². The van der Waals surface area contributed by atoms with E-state index in [0.29, 0.717) is 24.1 Å². The Morgan fingerprint density at radius 2 is 2.12 bits per heavy atom. The first-order valence-corrected chi connectivity index (χ1v) is 9.29. The molecule has 0 aromatic heterocycles. The molecule has 5 nitrogen and oxygen atoms in total. The molecule has 1 N–H and O–H groups in total. The van der Waals surface area contributed by atoms with Crippen LogP contribution in [0.3, 0.4) is 0 Å². The van der Waals surface area contributed by atoms with Crippen molar-refractivity contribution in [3.63, 3.8) is 0 Å². The van der Waals surface area contributed by atoms with Gasteiger partial charge in [0.1, 0.15) is 0 Å². The van der Waals surface area contributed by atoms with Gasteiger partial charge in [0, 0.05) is 50.7 Å². The second-order valence-corrected chi connectivity index (χ2v) is 8.04. The summed E-state index contributed by atoms with van der Waals surface area (Å²) in [6.07, 6.45) is 4.24. The molecule has 140 valence electrons. The number of fused-ring (bicyclic) bond motifs is 1. The lowest BCUT2D eigenvalue weighted by atomic mass is 9.57. The molecular formula is C18H35IN4O. The van der Waals surface area contributed by atoms with Gasteiger partial charge in [-0.3, -0.25) is 9.89 Å². The quantitative estimate of drug-likeness (QED) is 0.406. The molecule has 3 aliphatic rings. The van der Waals surface area contributed by atoms with Crippen LogP contribution in [0.4, 0.5) is 0 Å². The number of nitrogens with zero attached hydrogens (tertiary/aromatic N) is 3. The number of ether oxygens (including phenoxy) is 1. The predicted molar refractivity (Wildman–Crippen MR) is 110 cm³/mol. The van der Waals surface area contributed by atoms with Gasteiger partial charge in [0.05, 0.1) is 6.10 Å². The molecule has 0 amide bonds. The first kappa shape index (κ1) is 20.2. The van der Waals surface area contributed by atoms with Crippen molar-refractivity contribution in [2.75, 3.05) is 40.3 Å². The molecule has 0 spiro atoms. The van der Waals surface area contributed by atoms with Gasteiger partial charge in [0.25, 0.3) is 0 Å². The first-order chi connectivity index (χ1) is 11.0. The third-order valence-corrected chi connectivity index (χ3v) is 6.35. The topological polar surface area (TPSA) is 40.1 Å². The molecule has 4 unspecified atom stereocenters. The second kappa shape index (κ2) is 8.08.